The van der Waals surface area contributed by atoms with Crippen LogP contribution in [-0.4, -0.2) is 59.8 Å². The molecule has 31 heavy (non-hydrogen) atoms. The molecule has 2 aromatic rings. The van der Waals surface area contributed by atoms with Gasteiger partial charge in [-0.3, -0.25) is 14.9 Å². The first-order chi connectivity index (χ1) is 15.1. The molecule has 8 nitrogen and oxygen atoms in total. The van der Waals surface area contributed by atoms with Gasteiger partial charge >= 0.3 is 0 Å². The van der Waals surface area contributed by atoms with Crippen LogP contribution < -0.4 is 10.6 Å². The Morgan fingerprint density at radius 2 is 2.00 bits per heavy atom. The first-order valence-electron chi connectivity index (χ1n) is 10.7. The summed E-state index contributed by atoms with van der Waals surface area (Å²) >= 11 is 1.66. The van der Waals surface area contributed by atoms with Crippen molar-refractivity contribution in [3.63, 3.8) is 0 Å². The van der Waals surface area contributed by atoms with Gasteiger partial charge in [-0.15, -0.1) is 11.3 Å². The number of nitrogens with zero attached hydrogens (tertiary/aromatic N) is 4. The summed E-state index contributed by atoms with van der Waals surface area (Å²) in [6, 6.07) is 7.32. The van der Waals surface area contributed by atoms with E-state index in [1.165, 1.54) is 4.70 Å². The number of thiophene rings is 1. The van der Waals surface area contributed by atoms with E-state index in [0.29, 0.717) is 13.0 Å². The van der Waals surface area contributed by atoms with Crippen molar-refractivity contribution in [3.05, 3.63) is 29.6 Å². The zero-order chi connectivity index (χ0) is 21.6. The van der Waals surface area contributed by atoms with Crippen molar-refractivity contribution < 1.29 is 9.59 Å². The number of rotatable bonds is 4. The molecule has 1 aromatic heterocycles. The minimum Gasteiger partial charge on any atom is -0.341 e. The average Bonchev–Trinajstić information content (AvgIpc) is 3.43. The van der Waals surface area contributed by atoms with Crippen molar-refractivity contribution in [2.24, 2.45) is 4.99 Å². The molecule has 2 saturated heterocycles. The number of hydrogen-bond acceptors (Lipinski definition) is 5. The summed E-state index contributed by atoms with van der Waals surface area (Å²) in [6.07, 6.45) is 6.22. The Balaban J connectivity index is 1.48. The van der Waals surface area contributed by atoms with Crippen LogP contribution >= 0.6 is 11.3 Å². The number of guanidine groups is 1. The summed E-state index contributed by atoms with van der Waals surface area (Å²) in [5.41, 5.74) is 0.787. The third-order valence-corrected chi connectivity index (χ3v) is 6.61. The first kappa shape index (κ1) is 21.1. The van der Waals surface area contributed by atoms with Crippen LogP contribution in [0.4, 0.5) is 5.69 Å². The Bertz CT molecular complexity index is 1020. The number of benzene rings is 1. The van der Waals surface area contributed by atoms with Gasteiger partial charge in [0.25, 0.3) is 0 Å². The summed E-state index contributed by atoms with van der Waals surface area (Å²) in [6.45, 7) is 2.22. The minimum absolute atomic E-state index is 0.00745. The van der Waals surface area contributed by atoms with Gasteiger partial charge in [-0.1, -0.05) is 0 Å². The van der Waals surface area contributed by atoms with Gasteiger partial charge < -0.3 is 15.1 Å². The van der Waals surface area contributed by atoms with Gasteiger partial charge in [0.2, 0.25) is 17.8 Å². The second-order valence-electron chi connectivity index (χ2n) is 7.87. The lowest BCUT2D eigenvalue weighted by atomic mass is 10.1. The van der Waals surface area contributed by atoms with E-state index >= 15 is 0 Å². The SMILES string of the molecule is N#CNC(=NC1CCCCN(CC(=O)N2CCCC2)C1=O)Nc1ccc2sccc2c1. The lowest BCUT2D eigenvalue weighted by Crippen LogP contribution is -2.45. The summed E-state index contributed by atoms with van der Waals surface area (Å²) in [4.78, 5) is 33.7. The van der Waals surface area contributed by atoms with E-state index in [0.717, 1.165) is 49.8 Å². The molecule has 2 amide bonds. The number of carbonyl (C=O) groups excluding carboxylic acids is 2. The van der Waals surface area contributed by atoms with Crippen LogP contribution in [0.3, 0.4) is 0 Å². The zero-order valence-electron chi connectivity index (χ0n) is 17.3. The number of fused-ring (bicyclic) bond motifs is 1. The van der Waals surface area contributed by atoms with Gasteiger partial charge in [0.1, 0.15) is 6.04 Å². The molecular formula is C22H26N6O2S. The van der Waals surface area contributed by atoms with Gasteiger partial charge in [0.15, 0.2) is 6.19 Å². The highest BCUT2D eigenvalue weighted by Gasteiger charge is 2.30. The maximum Gasteiger partial charge on any atom is 0.247 e. The largest absolute Gasteiger partial charge is 0.341 e. The summed E-state index contributed by atoms with van der Waals surface area (Å²) in [5.74, 6) is 0.0913. The monoisotopic (exact) mass is 438 g/mol. The number of aliphatic imine (C=N–C) groups is 1. The highest BCUT2D eigenvalue weighted by Crippen LogP contribution is 2.24. The molecular weight excluding hydrogens is 412 g/mol. The lowest BCUT2D eigenvalue weighted by Gasteiger charge is -2.25. The van der Waals surface area contributed by atoms with E-state index in [1.54, 1.807) is 16.2 Å². The third kappa shape index (κ3) is 5.14. The molecule has 0 saturated carbocycles. The predicted molar refractivity (Wildman–Crippen MR) is 122 cm³/mol. The number of carbonyl (C=O) groups is 2. The van der Waals surface area contributed by atoms with Crippen LogP contribution in [0.1, 0.15) is 32.1 Å². The molecule has 1 aromatic carbocycles. The fourth-order valence-corrected chi connectivity index (χ4v) is 4.85. The zero-order valence-corrected chi connectivity index (χ0v) is 18.2. The van der Waals surface area contributed by atoms with E-state index in [2.05, 4.69) is 15.6 Å². The van der Waals surface area contributed by atoms with E-state index in [4.69, 9.17) is 0 Å². The van der Waals surface area contributed by atoms with E-state index in [1.807, 2.05) is 40.7 Å². The smallest absolute Gasteiger partial charge is 0.247 e. The number of amides is 2. The Kier molecular flexibility index (Phi) is 6.67. The van der Waals surface area contributed by atoms with Crippen molar-refractivity contribution in [1.82, 2.24) is 15.1 Å². The second-order valence-corrected chi connectivity index (χ2v) is 8.82. The Morgan fingerprint density at radius 3 is 2.81 bits per heavy atom. The Labute approximate surface area is 185 Å². The van der Waals surface area contributed by atoms with Crippen LogP contribution in [0.5, 0.6) is 0 Å². The van der Waals surface area contributed by atoms with Gasteiger partial charge in [0, 0.05) is 30.0 Å². The minimum atomic E-state index is -0.623. The molecule has 2 aliphatic rings. The van der Waals surface area contributed by atoms with Crippen LogP contribution in [0.25, 0.3) is 10.1 Å². The fraction of sp³-hybridized carbons (Fsp3) is 0.455. The highest BCUT2D eigenvalue weighted by molar-refractivity contribution is 7.17. The molecule has 0 bridgehead atoms. The van der Waals surface area contributed by atoms with Gasteiger partial charge in [-0.2, -0.15) is 5.26 Å². The first-order valence-corrected chi connectivity index (χ1v) is 11.6. The molecule has 3 heterocycles. The maximum absolute atomic E-state index is 13.1. The van der Waals surface area contributed by atoms with Gasteiger partial charge in [-0.05, 0) is 67.1 Å². The van der Waals surface area contributed by atoms with Crippen molar-refractivity contribution in [2.75, 3.05) is 31.5 Å². The Hall–Kier alpha value is -3.12. The molecule has 9 heteroatoms. The van der Waals surface area contributed by atoms with Crippen molar-refractivity contribution in [1.29, 1.82) is 5.26 Å². The number of nitrogens with one attached hydrogen (secondary N) is 2. The lowest BCUT2D eigenvalue weighted by molar-refractivity contribution is -0.140. The molecule has 2 fully saturated rings. The topological polar surface area (TPSA) is 101 Å². The highest BCUT2D eigenvalue weighted by atomic mass is 32.1. The van der Waals surface area contributed by atoms with Gasteiger partial charge in [-0.25, -0.2) is 4.99 Å². The molecule has 0 radical (unpaired) electrons. The summed E-state index contributed by atoms with van der Waals surface area (Å²) < 4.78 is 1.18. The fourth-order valence-electron chi connectivity index (χ4n) is 4.08. The van der Waals surface area contributed by atoms with Crippen LogP contribution in [0.2, 0.25) is 0 Å². The second kappa shape index (κ2) is 9.79. The number of nitriles is 1. The predicted octanol–water partition coefficient (Wildman–Crippen LogP) is 2.74. The van der Waals surface area contributed by atoms with Crippen molar-refractivity contribution >= 4 is 44.9 Å². The molecule has 1 unspecified atom stereocenters. The Morgan fingerprint density at radius 1 is 1.19 bits per heavy atom. The number of hydrogen-bond donors (Lipinski definition) is 2. The number of likely N-dealkylation sites (tertiary alicyclic amines) is 2. The van der Waals surface area contributed by atoms with Crippen molar-refractivity contribution in [2.45, 2.75) is 38.1 Å². The maximum atomic E-state index is 13.1. The van der Waals surface area contributed by atoms with Crippen LogP contribution in [0, 0.1) is 11.5 Å². The van der Waals surface area contributed by atoms with Crippen molar-refractivity contribution in [3.8, 4) is 6.19 Å². The molecule has 2 N–H and O–H groups in total. The standard InChI is InChI=1S/C22H26N6O2S/c23-15-24-22(25-17-6-7-19-16(13-17)8-12-31-19)26-18-5-1-2-11-28(21(18)30)14-20(29)27-9-3-4-10-27/h6-8,12-13,18H,1-5,9-11,14H2,(H2,24,25,26). The average molecular weight is 439 g/mol. The van der Waals surface area contributed by atoms with Crippen LogP contribution in [0.15, 0.2) is 34.6 Å². The molecule has 2 aliphatic heterocycles. The quantitative estimate of drug-likeness (QED) is 0.331. The van der Waals surface area contributed by atoms with Gasteiger partial charge in [0.05, 0.1) is 6.54 Å². The van der Waals surface area contributed by atoms with E-state index in [9.17, 15) is 14.9 Å². The third-order valence-electron chi connectivity index (χ3n) is 5.71. The molecule has 1 atom stereocenters. The summed E-state index contributed by atoms with van der Waals surface area (Å²) in [7, 11) is 0. The molecule has 162 valence electrons. The molecule has 0 aliphatic carbocycles. The summed E-state index contributed by atoms with van der Waals surface area (Å²) in [5, 5.41) is 18.0. The molecule has 4 rings (SSSR count). The van der Waals surface area contributed by atoms with E-state index < -0.39 is 6.04 Å². The molecule has 0 spiro atoms. The van der Waals surface area contributed by atoms with E-state index in [-0.39, 0.29) is 24.3 Å². The normalized spacial score (nSPS) is 19.9. The number of anilines is 1. The van der Waals surface area contributed by atoms with Crippen LogP contribution in [-0.2, 0) is 9.59 Å².